The molecule has 0 radical (unpaired) electrons. The number of hydrogen-bond acceptors (Lipinski definition) is 2. The molecule has 0 heterocycles. The number of rotatable bonds is 9. The van der Waals surface area contributed by atoms with Crippen molar-refractivity contribution in [3.8, 4) is 0 Å². The number of ether oxygens (including phenoxy) is 1. The highest BCUT2D eigenvalue weighted by Crippen LogP contribution is 2.31. The first kappa shape index (κ1) is 23.1. The standard InChI is InChI=1S/C18H29FNOP.C2H6/c1-5-6-14(7-8-20)16(13(3)21-4)10-15-9-12(2)18(22)11-17(15)19;1-2/h9,11,14,16H,3,5-8,10,20,22H2,1-2,4H3;1-2H3. The number of nitrogens with two attached hydrogens (primary N) is 1. The van der Waals surface area contributed by atoms with Gasteiger partial charge in [-0.1, -0.05) is 39.8 Å². The summed E-state index contributed by atoms with van der Waals surface area (Å²) in [6.45, 7) is 12.8. The zero-order valence-corrected chi connectivity index (χ0v) is 17.1. The summed E-state index contributed by atoms with van der Waals surface area (Å²) in [5, 5.41) is 0.899. The number of hydrogen-bond donors (Lipinski definition) is 1. The number of allylic oxidation sites excluding steroid dienone is 1. The van der Waals surface area contributed by atoms with Gasteiger partial charge in [0.05, 0.1) is 12.9 Å². The molecule has 0 aromatic heterocycles. The van der Waals surface area contributed by atoms with Crippen LogP contribution in [0.4, 0.5) is 4.39 Å². The van der Waals surface area contributed by atoms with Gasteiger partial charge in [0.1, 0.15) is 5.82 Å². The summed E-state index contributed by atoms with van der Waals surface area (Å²) in [4.78, 5) is 0. The number of benzene rings is 1. The lowest BCUT2D eigenvalue weighted by Crippen LogP contribution is -2.23. The van der Waals surface area contributed by atoms with Crippen LogP contribution in [-0.4, -0.2) is 13.7 Å². The maximum absolute atomic E-state index is 14.3. The van der Waals surface area contributed by atoms with Crippen molar-refractivity contribution in [3.63, 3.8) is 0 Å². The quantitative estimate of drug-likeness (QED) is 0.513. The molecule has 0 saturated heterocycles. The second-order valence-corrected chi connectivity index (χ2v) is 6.53. The molecular weight excluding hydrogens is 320 g/mol. The highest BCUT2D eigenvalue weighted by Gasteiger charge is 2.25. The third-order valence-corrected chi connectivity index (χ3v) is 4.94. The van der Waals surface area contributed by atoms with Crippen molar-refractivity contribution in [1.82, 2.24) is 0 Å². The Kier molecular flexibility index (Phi) is 12.0. The van der Waals surface area contributed by atoms with E-state index in [1.165, 1.54) is 0 Å². The van der Waals surface area contributed by atoms with Gasteiger partial charge in [0.25, 0.3) is 0 Å². The fourth-order valence-electron chi connectivity index (χ4n) is 2.98. The van der Waals surface area contributed by atoms with E-state index in [0.717, 1.165) is 41.5 Å². The highest BCUT2D eigenvalue weighted by molar-refractivity contribution is 7.27. The van der Waals surface area contributed by atoms with E-state index in [0.29, 0.717) is 18.9 Å². The minimum atomic E-state index is -0.160. The molecule has 0 saturated carbocycles. The Hall–Kier alpha value is -0.920. The van der Waals surface area contributed by atoms with E-state index >= 15 is 0 Å². The van der Waals surface area contributed by atoms with Crippen molar-refractivity contribution in [2.24, 2.45) is 17.6 Å². The zero-order valence-electron chi connectivity index (χ0n) is 16.0. The van der Waals surface area contributed by atoms with Crippen LogP contribution >= 0.6 is 9.24 Å². The van der Waals surface area contributed by atoms with E-state index in [1.54, 1.807) is 13.2 Å². The molecule has 4 heteroatoms. The summed E-state index contributed by atoms with van der Waals surface area (Å²) in [6.07, 6.45) is 3.63. The van der Waals surface area contributed by atoms with Gasteiger partial charge in [-0.05, 0) is 61.1 Å². The second kappa shape index (κ2) is 12.4. The molecule has 0 amide bonds. The van der Waals surface area contributed by atoms with Crippen LogP contribution in [0.5, 0.6) is 0 Å². The van der Waals surface area contributed by atoms with Crippen LogP contribution in [0.3, 0.4) is 0 Å². The van der Waals surface area contributed by atoms with Gasteiger partial charge in [0, 0.05) is 5.92 Å². The lowest BCUT2D eigenvalue weighted by molar-refractivity contribution is 0.192. The summed E-state index contributed by atoms with van der Waals surface area (Å²) in [5.41, 5.74) is 7.56. The van der Waals surface area contributed by atoms with Crippen LogP contribution in [-0.2, 0) is 11.2 Å². The summed E-state index contributed by atoms with van der Waals surface area (Å²) < 4.78 is 19.7. The van der Waals surface area contributed by atoms with E-state index in [9.17, 15) is 4.39 Å². The largest absolute Gasteiger partial charge is 0.501 e. The average Bonchev–Trinajstić information content (AvgIpc) is 2.58. The smallest absolute Gasteiger partial charge is 0.127 e. The molecule has 24 heavy (non-hydrogen) atoms. The van der Waals surface area contributed by atoms with Gasteiger partial charge < -0.3 is 10.5 Å². The predicted octanol–water partition coefficient (Wildman–Crippen LogP) is 4.74. The Morgan fingerprint density at radius 1 is 1.33 bits per heavy atom. The Labute approximate surface area is 150 Å². The van der Waals surface area contributed by atoms with Crippen molar-refractivity contribution in [2.75, 3.05) is 13.7 Å². The summed E-state index contributed by atoms with van der Waals surface area (Å²) >= 11 is 0. The Bertz CT molecular complexity index is 499. The van der Waals surface area contributed by atoms with E-state index in [-0.39, 0.29) is 11.7 Å². The van der Waals surface area contributed by atoms with Gasteiger partial charge >= 0.3 is 0 Å². The summed E-state index contributed by atoms with van der Waals surface area (Å²) in [7, 11) is 4.20. The van der Waals surface area contributed by atoms with Gasteiger partial charge in [-0.25, -0.2) is 4.39 Å². The Balaban J connectivity index is 0.00000254. The van der Waals surface area contributed by atoms with Crippen LogP contribution < -0.4 is 11.0 Å². The molecule has 2 nitrogen and oxygen atoms in total. The maximum atomic E-state index is 14.3. The topological polar surface area (TPSA) is 35.2 Å². The third kappa shape index (κ3) is 6.91. The molecule has 138 valence electrons. The molecule has 1 aromatic rings. The van der Waals surface area contributed by atoms with E-state index in [1.807, 2.05) is 26.8 Å². The van der Waals surface area contributed by atoms with Gasteiger partial charge in [0.2, 0.25) is 0 Å². The maximum Gasteiger partial charge on any atom is 0.127 e. The first-order valence-electron chi connectivity index (χ1n) is 8.91. The minimum Gasteiger partial charge on any atom is -0.501 e. The minimum absolute atomic E-state index is 0.0951. The molecule has 0 aliphatic heterocycles. The van der Waals surface area contributed by atoms with Gasteiger partial charge in [-0.15, -0.1) is 9.24 Å². The average molecular weight is 355 g/mol. The molecule has 0 spiro atoms. The molecule has 0 aliphatic carbocycles. The molecule has 3 unspecified atom stereocenters. The fourth-order valence-corrected chi connectivity index (χ4v) is 3.21. The van der Waals surface area contributed by atoms with Gasteiger partial charge in [0.15, 0.2) is 0 Å². The van der Waals surface area contributed by atoms with E-state index < -0.39 is 0 Å². The summed E-state index contributed by atoms with van der Waals surface area (Å²) in [6, 6.07) is 3.51. The molecule has 1 rings (SSSR count). The summed E-state index contributed by atoms with van der Waals surface area (Å²) in [5.74, 6) is 1.03. The monoisotopic (exact) mass is 355 g/mol. The lowest BCUT2D eigenvalue weighted by Gasteiger charge is -2.28. The molecule has 3 atom stereocenters. The van der Waals surface area contributed by atoms with Crippen molar-refractivity contribution < 1.29 is 9.13 Å². The fraction of sp³-hybridized carbons (Fsp3) is 0.600. The third-order valence-electron chi connectivity index (χ3n) is 4.32. The van der Waals surface area contributed by atoms with Crippen molar-refractivity contribution in [2.45, 2.75) is 53.4 Å². The van der Waals surface area contributed by atoms with Crippen LogP contribution in [0.1, 0.15) is 51.2 Å². The number of halogens is 1. The van der Waals surface area contributed by atoms with Crippen molar-refractivity contribution in [1.29, 1.82) is 0 Å². The molecular formula is C20H35FNOP. The van der Waals surface area contributed by atoms with Crippen LogP contribution in [0.25, 0.3) is 0 Å². The van der Waals surface area contributed by atoms with Crippen molar-refractivity contribution >= 4 is 14.5 Å². The number of aryl methyl sites for hydroxylation is 1. The first-order chi connectivity index (χ1) is 11.4. The highest BCUT2D eigenvalue weighted by atomic mass is 31.0. The lowest BCUT2D eigenvalue weighted by atomic mass is 9.80. The molecule has 1 aromatic carbocycles. The van der Waals surface area contributed by atoms with Crippen molar-refractivity contribution in [3.05, 3.63) is 41.4 Å². The molecule has 0 aliphatic rings. The molecule has 2 N–H and O–H groups in total. The van der Waals surface area contributed by atoms with E-state index in [4.69, 9.17) is 10.5 Å². The second-order valence-electron chi connectivity index (χ2n) is 5.91. The van der Waals surface area contributed by atoms with E-state index in [2.05, 4.69) is 22.7 Å². The Morgan fingerprint density at radius 2 is 1.96 bits per heavy atom. The predicted molar refractivity (Wildman–Crippen MR) is 107 cm³/mol. The molecule has 0 fully saturated rings. The van der Waals surface area contributed by atoms with Crippen LogP contribution in [0.15, 0.2) is 24.5 Å². The Morgan fingerprint density at radius 3 is 2.46 bits per heavy atom. The van der Waals surface area contributed by atoms with Gasteiger partial charge in [-0.2, -0.15) is 0 Å². The number of methoxy groups -OCH3 is 1. The first-order valence-corrected chi connectivity index (χ1v) is 9.49. The van der Waals surface area contributed by atoms with Crippen LogP contribution in [0, 0.1) is 24.6 Å². The zero-order chi connectivity index (χ0) is 18.7. The molecule has 0 bridgehead atoms. The van der Waals surface area contributed by atoms with Gasteiger partial charge in [-0.3, -0.25) is 0 Å². The normalized spacial score (nSPS) is 12.8. The SMILES string of the molecule is C=C(OC)C(Cc1cc(C)c(P)cc1F)C(CCC)CCN.CC. The van der Waals surface area contributed by atoms with Crippen LogP contribution in [0.2, 0.25) is 0 Å².